The molecule has 0 aromatic heterocycles. The maximum Gasteiger partial charge on any atom is 0.317 e. The first-order valence-corrected chi connectivity index (χ1v) is 8.71. The molecule has 0 unspecified atom stereocenters. The van der Waals surface area contributed by atoms with E-state index in [1.807, 2.05) is 23.5 Å². The summed E-state index contributed by atoms with van der Waals surface area (Å²) in [6.45, 7) is 2.20. The fourth-order valence-corrected chi connectivity index (χ4v) is 4.91. The Morgan fingerprint density at radius 1 is 1.42 bits per heavy atom. The quantitative estimate of drug-likeness (QED) is 0.810. The van der Waals surface area contributed by atoms with Crippen molar-refractivity contribution in [2.75, 3.05) is 44.9 Å². The van der Waals surface area contributed by atoms with E-state index < -0.39 is 5.60 Å². The highest BCUT2D eigenvalue weighted by Gasteiger charge is 2.32. The number of carbonyl (C=O) groups excluding carboxylic acids is 1. The molecule has 0 aliphatic carbocycles. The second-order valence-corrected chi connectivity index (χ2v) is 7.97. The van der Waals surface area contributed by atoms with E-state index in [2.05, 4.69) is 5.32 Å². The summed E-state index contributed by atoms with van der Waals surface area (Å²) < 4.78 is 5.71. The smallest absolute Gasteiger partial charge is 0.317 e. The van der Waals surface area contributed by atoms with Crippen molar-refractivity contribution in [3.8, 4) is 0 Å². The molecule has 2 aliphatic rings. The van der Waals surface area contributed by atoms with Crippen LogP contribution in [-0.4, -0.2) is 71.1 Å². The van der Waals surface area contributed by atoms with Gasteiger partial charge in [0.15, 0.2) is 0 Å². The van der Waals surface area contributed by atoms with Gasteiger partial charge in [-0.2, -0.15) is 0 Å². The van der Waals surface area contributed by atoms with E-state index in [0.717, 1.165) is 0 Å². The Labute approximate surface area is 122 Å². The molecule has 5 nitrogen and oxygen atoms in total. The molecule has 0 atom stereocenters. The molecular formula is C12H22N2O3S2. The van der Waals surface area contributed by atoms with Crippen LogP contribution in [0, 0.1) is 0 Å². The van der Waals surface area contributed by atoms with Crippen molar-refractivity contribution in [2.24, 2.45) is 0 Å². The molecule has 2 N–H and O–H groups in total. The van der Waals surface area contributed by atoms with Gasteiger partial charge >= 0.3 is 6.03 Å². The lowest BCUT2D eigenvalue weighted by atomic mass is 9.94. The number of ether oxygens (including phenoxy) is 1. The third-order valence-corrected chi connectivity index (χ3v) is 6.44. The summed E-state index contributed by atoms with van der Waals surface area (Å²) in [5.41, 5.74) is -0.790. The molecule has 0 aromatic rings. The number of nitrogens with zero attached hydrogens (tertiary/aromatic N) is 1. The number of amides is 2. The lowest BCUT2D eigenvalue weighted by molar-refractivity contribution is -0.0722. The summed E-state index contributed by atoms with van der Waals surface area (Å²) in [7, 11) is 1.73. The predicted octanol–water partition coefficient (Wildman–Crippen LogP) is 0.975. The minimum atomic E-state index is -0.790. The molecule has 0 spiro atoms. The van der Waals surface area contributed by atoms with E-state index in [4.69, 9.17) is 4.74 Å². The molecule has 2 rings (SSSR count). The summed E-state index contributed by atoms with van der Waals surface area (Å²) in [5.74, 6) is 2.33. The summed E-state index contributed by atoms with van der Waals surface area (Å²) in [6.07, 6.45) is 1.19. The Kier molecular flexibility index (Phi) is 5.68. The average Bonchev–Trinajstić information content (AvgIpc) is 2.89. The maximum atomic E-state index is 12.0. The monoisotopic (exact) mass is 306 g/mol. The zero-order chi connectivity index (χ0) is 13.7. The number of hydrogen-bond donors (Lipinski definition) is 2. The third kappa shape index (κ3) is 4.73. The molecule has 2 aliphatic heterocycles. The normalized spacial score (nSPS) is 23.3. The largest absolute Gasteiger partial charge is 0.388 e. The van der Waals surface area contributed by atoms with Crippen molar-refractivity contribution in [1.82, 2.24) is 10.2 Å². The summed E-state index contributed by atoms with van der Waals surface area (Å²) in [6, 6.07) is -0.104. The van der Waals surface area contributed by atoms with Crippen molar-refractivity contribution >= 4 is 29.6 Å². The number of likely N-dealkylation sites (N-methyl/N-ethyl adjacent to an activating group) is 1. The van der Waals surface area contributed by atoms with Crippen LogP contribution in [0.3, 0.4) is 0 Å². The van der Waals surface area contributed by atoms with Crippen molar-refractivity contribution in [3.05, 3.63) is 0 Å². The van der Waals surface area contributed by atoms with E-state index in [0.29, 0.717) is 43.7 Å². The number of urea groups is 1. The van der Waals surface area contributed by atoms with Gasteiger partial charge in [0.25, 0.3) is 0 Å². The minimum absolute atomic E-state index is 0.104. The summed E-state index contributed by atoms with van der Waals surface area (Å²) in [5, 5.41) is 13.3. The minimum Gasteiger partial charge on any atom is -0.388 e. The first-order valence-electron chi connectivity index (χ1n) is 6.61. The van der Waals surface area contributed by atoms with Gasteiger partial charge in [-0.3, -0.25) is 0 Å². The number of hydrogen-bond acceptors (Lipinski definition) is 5. The molecule has 7 heteroatoms. The standard InChI is InChI=1S/C12H22N2O3S2/c1-14(9-12(16)2-4-17-5-3-12)11(15)13-8-10-18-6-7-19-10/h10,16H,2-9H2,1H3,(H,13,15). The first-order chi connectivity index (χ1) is 9.09. The molecule has 110 valence electrons. The number of carbonyl (C=O) groups is 1. The molecular weight excluding hydrogens is 284 g/mol. The van der Waals surface area contributed by atoms with Crippen LogP contribution in [0.2, 0.25) is 0 Å². The van der Waals surface area contributed by atoms with E-state index >= 15 is 0 Å². The van der Waals surface area contributed by atoms with Gasteiger partial charge in [-0.05, 0) is 0 Å². The van der Waals surface area contributed by atoms with Crippen molar-refractivity contribution in [2.45, 2.75) is 23.0 Å². The van der Waals surface area contributed by atoms with Crippen LogP contribution in [-0.2, 0) is 4.74 Å². The molecule has 2 heterocycles. The van der Waals surface area contributed by atoms with Crippen molar-refractivity contribution in [1.29, 1.82) is 0 Å². The third-order valence-electron chi connectivity index (χ3n) is 3.41. The Morgan fingerprint density at radius 2 is 2.05 bits per heavy atom. The highest BCUT2D eigenvalue weighted by atomic mass is 32.2. The van der Waals surface area contributed by atoms with E-state index in [9.17, 15) is 9.90 Å². The van der Waals surface area contributed by atoms with Crippen LogP contribution in [0.15, 0.2) is 0 Å². The average molecular weight is 306 g/mol. The Balaban J connectivity index is 1.71. The molecule has 0 radical (unpaired) electrons. The second-order valence-electron chi connectivity index (χ2n) is 5.05. The van der Waals surface area contributed by atoms with Gasteiger partial charge < -0.3 is 20.1 Å². The van der Waals surface area contributed by atoms with Gasteiger partial charge in [-0.25, -0.2) is 4.79 Å². The van der Waals surface area contributed by atoms with Crippen LogP contribution in [0.5, 0.6) is 0 Å². The number of thioether (sulfide) groups is 2. The summed E-state index contributed by atoms with van der Waals surface area (Å²) in [4.78, 5) is 13.5. The van der Waals surface area contributed by atoms with Gasteiger partial charge in [0, 0.05) is 51.2 Å². The molecule has 2 fully saturated rings. The van der Waals surface area contributed by atoms with Gasteiger partial charge in [0.1, 0.15) is 0 Å². The highest BCUT2D eigenvalue weighted by molar-refractivity contribution is 8.20. The second kappa shape index (κ2) is 7.06. The Bertz CT molecular complexity index is 305. The number of rotatable bonds is 4. The van der Waals surface area contributed by atoms with Crippen LogP contribution < -0.4 is 5.32 Å². The summed E-state index contributed by atoms with van der Waals surface area (Å²) >= 11 is 3.79. The fourth-order valence-electron chi connectivity index (χ4n) is 2.25. The van der Waals surface area contributed by atoms with Crippen LogP contribution in [0.1, 0.15) is 12.8 Å². The lowest BCUT2D eigenvalue weighted by Gasteiger charge is -2.35. The van der Waals surface area contributed by atoms with Crippen LogP contribution >= 0.6 is 23.5 Å². The van der Waals surface area contributed by atoms with Crippen molar-refractivity contribution in [3.63, 3.8) is 0 Å². The zero-order valence-electron chi connectivity index (χ0n) is 11.3. The molecule has 2 amide bonds. The van der Waals surface area contributed by atoms with Gasteiger partial charge in [-0.1, -0.05) is 0 Å². The Hall–Kier alpha value is -0.110. The van der Waals surface area contributed by atoms with Crippen LogP contribution in [0.25, 0.3) is 0 Å². The topological polar surface area (TPSA) is 61.8 Å². The maximum absolute atomic E-state index is 12.0. The van der Waals surface area contributed by atoms with Crippen molar-refractivity contribution < 1.29 is 14.6 Å². The first kappa shape index (κ1) is 15.3. The Morgan fingerprint density at radius 3 is 2.68 bits per heavy atom. The van der Waals surface area contributed by atoms with Crippen LogP contribution in [0.4, 0.5) is 4.79 Å². The van der Waals surface area contributed by atoms with Gasteiger partial charge in [0.2, 0.25) is 0 Å². The molecule has 2 saturated heterocycles. The lowest BCUT2D eigenvalue weighted by Crippen LogP contribution is -2.50. The number of aliphatic hydroxyl groups is 1. The molecule has 19 heavy (non-hydrogen) atoms. The predicted molar refractivity (Wildman–Crippen MR) is 79.7 cm³/mol. The van der Waals surface area contributed by atoms with E-state index in [-0.39, 0.29) is 6.03 Å². The molecule has 0 saturated carbocycles. The van der Waals surface area contributed by atoms with E-state index in [1.54, 1.807) is 11.9 Å². The fraction of sp³-hybridized carbons (Fsp3) is 0.917. The SMILES string of the molecule is CN(CC1(O)CCOCC1)C(=O)NCC1SCCS1. The molecule has 0 aromatic carbocycles. The number of nitrogens with one attached hydrogen (secondary N) is 1. The zero-order valence-corrected chi connectivity index (χ0v) is 12.9. The molecule has 0 bridgehead atoms. The van der Waals surface area contributed by atoms with E-state index in [1.165, 1.54) is 11.5 Å². The highest BCUT2D eigenvalue weighted by Crippen LogP contribution is 2.31. The van der Waals surface area contributed by atoms with Gasteiger partial charge in [-0.15, -0.1) is 23.5 Å². The van der Waals surface area contributed by atoms with Gasteiger partial charge in [0.05, 0.1) is 16.7 Å².